The van der Waals surface area contributed by atoms with Crippen LogP contribution in [-0.4, -0.2) is 17.3 Å². The van der Waals surface area contributed by atoms with Crippen molar-refractivity contribution in [2.75, 3.05) is 16.8 Å². The molecule has 128 valence electrons. The molecule has 2 heterocycles. The van der Waals surface area contributed by atoms with E-state index in [1.54, 1.807) is 11.8 Å². The second kappa shape index (κ2) is 6.03. The zero-order chi connectivity index (χ0) is 17.7. The number of ketones is 1. The van der Waals surface area contributed by atoms with E-state index in [4.69, 9.17) is 0 Å². The predicted octanol–water partition coefficient (Wildman–Crippen LogP) is 5.28. The highest BCUT2D eigenvalue weighted by Crippen LogP contribution is 2.47. The summed E-state index contributed by atoms with van der Waals surface area (Å²) >= 11 is 1.70. The molecule has 0 spiro atoms. The molecule has 0 aliphatic carbocycles. The molecule has 0 radical (unpaired) electrons. The Morgan fingerprint density at radius 2 is 1.77 bits per heavy atom. The van der Waals surface area contributed by atoms with Crippen LogP contribution in [0.25, 0.3) is 10.8 Å². The average Bonchev–Trinajstić information content (AvgIpc) is 2.67. The molecule has 2 aliphatic rings. The van der Waals surface area contributed by atoms with Gasteiger partial charge in [0.05, 0.1) is 5.75 Å². The summed E-state index contributed by atoms with van der Waals surface area (Å²) in [7, 11) is 0. The number of benzene rings is 3. The van der Waals surface area contributed by atoms with Crippen molar-refractivity contribution in [2.24, 2.45) is 0 Å². The van der Waals surface area contributed by atoms with Crippen LogP contribution in [0.3, 0.4) is 0 Å². The average molecular weight is 357 g/mol. The number of hydrogen-bond donors (Lipinski definition) is 1. The molecule has 3 aromatic carbocycles. The number of thioether (sulfide) groups is 1. The molecule has 0 fully saturated rings. The van der Waals surface area contributed by atoms with E-state index in [0.29, 0.717) is 5.75 Å². The van der Waals surface area contributed by atoms with Crippen LogP contribution in [-0.2, 0) is 4.79 Å². The van der Waals surface area contributed by atoms with Crippen LogP contribution in [0.15, 0.2) is 71.9 Å². The predicted molar refractivity (Wildman–Crippen MR) is 110 cm³/mol. The molecule has 1 atom stereocenters. The highest BCUT2D eigenvalue weighted by Gasteiger charge is 2.36. The van der Waals surface area contributed by atoms with Crippen LogP contribution in [0.2, 0.25) is 0 Å². The van der Waals surface area contributed by atoms with E-state index < -0.39 is 0 Å². The van der Waals surface area contributed by atoms with Gasteiger partial charge in [0.25, 0.3) is 0 Å². The fourth-order valence-electron chi connectivity index (χ4n) is 4.12. The second-order valence-electron chi connectivity index (χ2n) is 7.02. The SMILES string of the molecule is Cc1ccc(C2C3=C(CSCC3=O)Nc3ccc4ccccc4c32)cc1. The molecule has 2 nitrogen and oxygen atoms in total. The molecule has 26 heavy (non-hydrogen) atoms. The van der Waals surface area contributed by atoms with Gasteiger partial charge in [0.15, 0.2) is 5.78 Å². The Kier molecular flexibility index (Phi) is 3.64. The van der Waals surface area contributed by atoms with Gasteiger partial charge in [-0.3, -0.25) is 4.79 Å². The molecule has 3 aromatic rings. The van der Waals surface area contributed by atoms with Gasteiger partial charge < -0.3 is 5.32 Å². The standard InChI is InChI=1S/C23H19NOS/c1-14-6-8-16(9-7-14)21-22-17-5-3-2-4-15(17)10-11-18(22)24-19-12-26-13-20(25)23(19)21/h2-11,21,24H,12-13H2,1H3. The number of nitrogens with one attached hydrogen (secondary N) is 1. The number of Topliss-reactive ketones (excluding diaryl/α,β-unsaturated/α-hetero) is 1. The van der Waals surface area contributed by atoms with Gasteiger partial charge in [-0.1, -0.05) is 60.2 Å². The highest BCUT2D eigenvalue weighted by atomic mass is 32.2. The van der Waals surface area contributed by atoms with Crippen molar-refractivity contribution in [3.05, 3.63) is 88.6 Å². The van der Waals surface area contributed by atoms with Gasteiger partial charge in [-0.05, 0) is 34.9 Å². The van der Waals surface area contributed by atoms with E-state index in [1.807, 2.05) is 0 Å². The van der Waals surface area contributed by atoms with Crippen molar-refractivity contribution in [1.29, 1.82) is 0 Å². The van der Waals surface area contributed by atoms with Crippen LogP contribution in [0.4, 0.5) is 5.69 Å². The Hall–Kier alpha value is -2.52. The number of rotatable bonds is 1. The van der Waals surface area contributed by atoms with E-state index >= 15 is 0 Å². The van der Waals surface area contributed by atoms with E-state index in [1.165, 1.54) is 27.5 Å². The Balaban J connectivity index is 1.83. The van der Waals surface area contributed by atoms with Gasteiger partial charge in [-0.2, -0.15) is 0 Å². The fourth-order valence-corrected chi connectivity index (χ4v) is 5.00. The van der Waals surface area contributed by atoms with E-state index in [2.05, 4.69) is 72.9 Å². The summed E-state index contributed by atoms with van der Waals surface area (Å²) in [5.41, 5.74) is 6.83. The molecule has 0 bridgehead atoms. The van der Waals surface area contributed by atoms with Gasteiger partial charge in [0.1, 0.15) is 0 Å². The maximum atomic E-state index is 12.9. The Labute approximate surface area is 157 Å². The second-order valence-corrected chi connectivity index (χ2v) is 8.01. The number of hydrogen-bond acceptors (Lipinski definition) is 3. The lowest BCUT2D eigenvalue weighted by molar-refractivity contribution is -0.113. The normalized spacial score (nSPS) is 19.1. The van der Waals surface area contributed by atoms with Crippen molar-refractivity contribution in [2.45, 2.75) is 12.8 Å². The number of fused-ring (bicyclic) bond motifs is 3. The topological polar surface area (TPSA) is 29.1 Å². The summed E-state index contributed by atoms with van der Waals surface area (Å²) in [6.45, 7) is 2.10. The lowest BCUT2D eigenvalue weighted by Gasteiger charge is -2.34. The van der Waals surface area contributed by atoms with Gasteiger partial charge in [-0.15, -0.1) is 11.8 Å². The quantitative estimate of drug-likeness (QED) is 0.643. The number of carbonyl (C=O) groups excluding carboxylic acids is 1. The molecule has 1 N–H and O–H groups in total. The molecule has 0 saturated heterocycles. The summed E-state index contributed by atoms with van der Waals surface area (Å²) < 4.78 is 0. The third-order valence-corrected chi connectivity index (χ3v) is 6.31. The Bertz CT molecular complexity index is 1070. The zero-order valence-corrected chi connectivity index (χ0v) is 15.4. The first kappa shape index (κ1) is 15.7. The zero-order valence-electron chi connectivity index (χ0n) is 14.6. The summed E-state index contributed by atoms with van der Waals surface area (Å²) in [6.07, 6.45) is 0. The first-order valence-corrected chi connectivity index (χ1v) is 10.1. The van der Waals surface area contributed by atoms with Crippen LogP contribution in [0.1, 0.15) is 22.6 Å². The monoisotopic (exact) mass is 357 g/mol. The minimum atomic E-state index is 0.00125. The van der Waals surface area contributed by atoms with Gasteiger partial charge >= 0.3 is 0 Å². The molecule has 0 aromatic heterocycles. The lowest BCUT2D eigenvalue weighted by atomic mass is 9.77. The molecular weight excluding hydrogens is 338 g/mol. The van der Waals surface area contributed by atoms with Crippen molar-refractivity contribution in [1.82, 2.24) is 0 Å². The Morgan fingerprint density at radius 3 is 2.62 bits per heavy atom. The maximum Gasteiger partial charge on any atom is 0.171 e. The summed E-state index contributed by atoms with van der Waals surface area (Å²) in [6, 6.07) is 21.4. The van der Waals surface area contributed by atoms with Crippen molar-refractivity contribution >= 4 is 34.0 Å². The van der Waals surface area contributed by atoms with Gasteiger partial charge in [0, 0.05) is 28.6 Å². The van der Waals surface area contributed by atoms with E-state index in [0.717, 1.165) is 22.7 Å². The van der Waals surface area contributed by atoms with E-state index in [-0.39, 0.29) is 11.7 Å². The highest BCUT2D eigenvalue weighted by molar-refractivity contribution is 8.00. The Morgan fingerprint density at radius 1 is 0.962 bits per heavy atom. The van der Waals surface area contributed by atoms with E-state index in [9.17, 15) is 4.79 Å². The first-order chi connectivity index (χ1) is 12.7. The summed E-state index contributed by atoms with van der Waals surface area (Å²) in [5.74, 6) is 1.70. The smallest absolute Gasteiger partial charge is 0.171 e. The fraction of sp³-hybridized carbons (Fsp3) is 0.174. The molecule has 5 rings (SSSR count). The molecule has 1 unspecified atom stereocenters. The van der Waals surface area contributed by atoms with Crippen LogP contribution < -0.4 is 5.32 Å². The molecule has 3 heteroatoms. The van der Waals surface area contributed by atoms with Crippen LogP contribution >= 0.6 is 11.8 Å². The van der Waals surface area contributed by atoms with Crippen molar-refractivity contribution in [3.63, 3.8) is 0 Å². The lowest BCUT2D eigenvalue weighted by Crippen LogP contribution is -2.29. The van der Waals surface area contributed by atoms with Crippen molar-refractivity contribution < 1.29 is 4.79 Å². The first-order valence-electron chi connectivity index (χ1n) is 8.91. The molecule has 2 aliphatic heterocycles. The summed E-state index contributed by atoms with van der Waals surface area (Å²) in [4.78, 5) is 12.9. The minimum absolute atomic E-state index is 0.00125. The van der Waals surface area contributed by atoms with Gasteiger partial charge in [0.2, 0.25) is 0 Å². The van der Waals surface area contributed by atoms with Crippen LogP contribution in [0, 0.1) is 6.92 Å². The number of allylic oxidation sites excluding steroid dienone is 1. The number of anilines is 1. The molecule has 0 amide bonds. The summed E-state index contributed by atoms with van der Waals surface area (Å²) in [5, 5.41) is 6.01. The van der Waals surface area contributed by atoms with Crippen molar-refractivity contribution in [3.8, 4) is 0 Å². The van der Waals surface area contributed by atoms with Gasteiger partial charge in [-0.25, -0.2) is 0 Å². The van der Waals surface area contributed by atoms with Crippen LogP contribution in [0.5, 0.6) is 0 Å². The third kappa shape index (κ3) is 2.38. The largest absolute Gasteiger partial charge is 0.358 e. The minimum Gasteiger partial charge on any atom is -0.358 e. The third-order valence-electron chi connectivity index (χ3n) is 5.35. The number of carbonyl (C=O) groups is 1. The maximum absolute atomic E-state index is 12.9. The molecule has 0 saturated carbocycles. The molecular formula is C23H19NOS. The number of aryl methyl sites for hydroxylation is 1.